The summed E-state index contributed by atoms with van der Waals surface area (Å²) < 4.78 is 0. The van der Waals surface area contributed by atoms with Crippen LogP contribution in [0.5, 0.6) is 0 Å². The summed E-state index contributed by atoms with van der Waals surface area (Å²) in [6.45, 7) is 2.60. The molecule has 4 N–H and O–H groups in total. The minimum Gasteiger partial charge on any atom is -0.358 e. The maximum Gasteiger partial charge on any atom is 0.0970 e. The Morgan fingerprint density at radius 3 is 3.14 bits per heavy atom. The Labute approximate surface area is 83.3 Å². The number of nitrogens with one attached hydrogen (secondary N) is 2. The minimum atomic E-state index is -0.292. The molecule has 0 aliphatic carbocycles. The molecule has 0 aromatic heterocycles. The maximum atomic E-state index is 6.86. The number of azo groups is 1. The van der Waals surface area contributed by atoms with Crippen LogP contribution in [0.25, 0.3) is 0 Å². The van der Waals surface area contributed by atoms with Crippen LogP contribution in [0.3, 0.4) is 0 Å². The van der Waals surface area contributed by atoms with Gasteiger partial charge in [-0.1, -0.05) is 12.2 Å². The van der Waals surface area contributed by atoms with E-state index in [1.807, 2.05) is 19.1 Å². The van der Waals surface area contributed by atoms with Crippen molar-refractivity contribution in [2.45, 2.75) is 13.1 Å². The van der Waals surface area contributed by atoms with Crippen molar-refractivity contribution in [2.24, 2.45) is 21.9 Å². The summed E-state index contributed by atoms with van der Waals surface area (Å²) in [6, 6.07) is 0. The van der Waals surface area contributed by atoms with Crippen molar-refractivity contribution in [1.29, 1.82) is 5.41 Å². The number of nitrogens with two attached hydrogens (primary N) is 1. The molecule has 0 saturated carbocycles. The topological polar surface area (TPSA) is 86.6 Å². The molecular weight excluding hydrogens is 178 g/mol. The molecule has 2 unspecified atom stereocenters. The second kappa shape index (κ2) is 5.29. The molecule has 2 atom stereocenters. The first-order valence-corrected chi connectivity index (χ1v) is 4.46. The van der Waals surface area contributed by atoms with E-state index in [1.54, 1.807) is 6.20 Å². The summed E-state index contributed by atoms with van der Waals surface area (Å²) in [6.07, 6.45) is 6.51. The summed E-state index contributed by atoms with van der Waals surface area (Å²) in [4.78, 5) is 0. The summed E-state index contributed by atoms with van der Waals surface area (Å²) in [5, 5.41) is 17.2. The van der Waals surface area contributed by atoms with Gasteiger partial charge in [0.2, 0.25) is 0 Å². The zero-order valence-corrected chi connectivity index (χ0v) is 8.14. The van der Waals surface area contributed by atoms with Gasteiger partial charge in [0, 0.05) is 12.1 Å². The molecule has 0 spiro atoms. The van der Waals surface area contributed by atoms with Gasteiger partial charge in [-0.25, -0.2) is 0 Å². The van der Waals surface area contributed by atoms with E-state index in [-0.39, 0.29) is 12.1 Å². The van der Waals surface area contributed by atoms with E-state index in [0.717, 1.165) is 11.9 Å². The first-order chi connectivity index (χ1) is 6.74. The van der Waals surface area contributed by atoms with Crippen LogP contribution in [-0.4, -0.2) is 19.0 Å². The van der Waals surface area contributed by atoms with Crippen LogP contribution in [-0.2, 0) is 0 Å². The summed E-state index contributed by atoms with van der Waals surface area (Å²) in [5.74, 6) is 0.270. The molecule has 14 heavy (non-hydrogen) atoms. The van der Waals surface area contributed by atoms with Crippen LogP contribution in [0, 0.1) is 11.3 Å². The number of nitrogens with zero attached hydrogens (tertiary/aromatic N) is 2. The van der Waals surface area contributed by atoms with E-state index in [0.29, 0.717) is 6.54 Å². The smallest absolute Gasteiger partial charge is 0.0970 e. The molecule has 1 heterocycles. The third-order valence-corrected chi connectivity index (χ3v) is 2.00. The standard InChI is InChI=1S/C9H15N5/c1-7(9(11)12-6-10)4-8-2-3-13-14-5-8/h2-4,6,8-9H,5,11H2,1H3,(H2,10,12)/b7-4+. The predicted molar refractivity (Wildman–Crippen MR) is 56.0 cm³/mol. The summed E-state index contributed by atoms with van der Waals surface area (Å²) in [7, 11) is 0. The second-order valence-corrected chi connectivity index (χ2v) is 3.14. The van der Waals surface area contributed by atoms with Gasteiger partial charge in [-0.15, -0.1) is 0 Å². The fourth-order valence-corrected chi connectivity index (χ4v) is 1.17. The Morgan fingerprint density at radius 2 is 2.57 bits per heavy atom. The van der Waals surface area contributed by atoms with Gasteiger partial charge in [0.25, 0.3) is 0 Å². The molecule has 0 aromatic rings. The Balaban J connectivity index is 2.53. The number of hydrogen-bond acceptors (Lipinski definition) is 4. The van der Waals surface area contributed by atoms with Crippen molar-refractivity contribution >= 4 is 6.34 Å². The van der Waals surface area contributed by atoms with Crippen LogP contribution in [0.4, 0.5) is 0 Å². The van der Waals surface area contributed by atoms with Crippen molar-refractivity contribution in [3.63, 3.8) is 0 Å². The highest BCUT2D eigenvalue weighted by Gasteiger charge is 2.07. The molecule has 1 aliphatic rings. The average molecular weight is 193 g/mol. The normalized spacial score (nSPS) is 23.3. The Bertz CT molecular complexity index is 279. The predicted octanol–water partition coefficient (Wildman–Crippen LogP) is 1.01. The van der Waals surface area contributed by atoms with E-state index >= 15 is 0 Å². The van der Waals surface area contributed by atoms with Crippen LogP contribution < -0.4 is 11.1 Å². The van der Waals surface area contributed by atoms with Crippen molar-refractivity contribution in [3.05, 3.63) is 23.9 Å². The lowest BCUT2D eigenvalue weighted by Gasteiger charge is -2.14. The third-order valence-electron chi connectivity index (χ3n) is 2.00. The van der Waals surface area contributed by atoms with Gasteiger partial charge < -0.3 is 11.1 Å². The molecule has 1 aliphatic heterocycles. The average Bonchev–Trinajstić information content (AvgIpc) is 2.19. The highest BCUT2D eigenvalue weighted by molar-refractivity contribution is 5.51. The van der Waals surface area contributed by atoms with Gasteiger partial charge >= 0.3 is 0 Å². The minimum absolute atomic E-state index is 0.270. The molecule has 1 rings (SSSR count). The fraction of sp³-hybridized carbons (Fsp3) is 0.444. The molecular formula is C9H15N5. The summed E-state index contributed by atoms with van der Waals surface area (Å²) in [5.41, 5.74) is 6.74. The molecule has 0 aromatic carbocycles. The van der Waals surface area contributed by atoms with Gasteiger partial charge in [0.05, 0.1) is 19.0 Å². The summed E-state index contributed by atoms with van der Waals surface area (Å²) >= 11 is 0. The monoisotopic (exact) mass is 193 g/mol. The Morgan fingerprint density at radius 1 is 1.79 bits per heavy atom. The molecule has 0 radical (unpaired) electrons. The van der Waals surface area contributed by atoms with Crippen LogP contribution in [0.1, 0.15) is 6.92 Å². The van der Waals surface area contributed by atoms with Crippen LogP contribution in [0.2, 0.25) is 0 Å². The number of rotatable bonds is 4. The molecule has 0 fully saturated rings. The zero-order chi connectivity index (χ0) is 10.4. The highest BCUT2D eigenvalue weighted by atomic mass is 15.1. The van der Waals surface area contributed by atoms with Gasteiger partial charge in [-0.05, 0) is 12.5 Å². The van der Waals surface area contributed by atoms with Crippen molar-refractivity contribution in [3.8, 4) is 0 Å². The third kappa shape index (κ3) is 3.10. The van der Waals surface area contributed by atoms with Crippen molar-refractivity contribution in [2.75, 3.05) is 6.54 Å². The molecule has 0 amide bonds. The lowest BCUT2D eigenvalue weighted by atomic mass is 10.0. The van der Waals surface area contributed by atoms with Crippen LogP contribution >= 0.6 is 0 Å². The number of hydrogen-bond donors (Lipinski definition) is 3. The first kappa shape index (κ1) is 10.6. The first-order valence-electron chi connectivity index (χ1n) is 4.46. The van der Waals surface area contributed by atoms with E-state index < -0.39 is 0 Å². The van der Waals surface area contributed by atoms with E-state index in [1.165, 1.54) is 0 Å². The molecule has 0 saturated heterocycles. The Kier molecular flexibility index (Phi) is 4.00. The van der Waals surface area contributed by atoms with Gasteiger partial charge in [0.15, 0.2) is 0 Å². The fourth-order valence-electron chi connectivity index (χ4n) is 1.17. The largest absolute Gasteiger partial charge is 0.358 e. The Hall–Kier alpha value is -1.49. The quantitative estimate of drug-likeness (QED) is 0.269. The SMILES string of the molecule is C/C(=C\C1C=CN=NC1)C(N)NC=N. The van der Waals surface area contributed by atoms with E-state index in [4.69, 9.17) is 11.1 Å². The van der Waals surface area contributed by atoms with Crippen molar-refractivity contribution < 1.29 is 0 Å². The highest BCUT2D eigenvalue weighted by Crippen LogP contribution is 2.11. The lowest BCUT2D eigenvalue weighted by Crippen LogP contribution is -2.37. The zero-order valence-electron chi connectivity index (χ0n) is 8.14. The van der Waals surface area contributed by atoms with Crippen LogP contribution in [0.15, 0.2) is 34.2 Å². The lowest BCUT2D eigenvalue weighted by molar-refractivity contribution is 0.697. The van der Waals surface area contributed by atoms with Gasteiger partial charge in [0.1, 0.15) is 0 Å². The van der Waals surface area contributed by atoms with E-state index in [9.17, 15) is 0 Å². The maximum absolute atomic E-state index is 6.86. The molecule has 76 valence electrons. The van der Waals surface area contributed by atoms with Crippen molar-refractivity contribution in [1.82, 2.24) is 5.32 Å². The van der Waals surface area contributed by atoms with E-state index in [2.05, 4.69) is 15.5 Å². The van der Waals surface area contributed by atoms with Gasteiger partial charge in [-0.3, -0.25) is 5.41 Å². The second-order valence-electron chi connectivity index (χ2n) is 3.14. The molecule has 5 nitrogen and oxygen atoms in total. The molecule has 0 bridgehead atoms. The molecule has 5 heteroatoms. The van der Waals surface area contributed by atoms with Gasteiger partial charge in [-0.2, -0.15) is 10.2 Å².